The Labute approximate surface area is 203 Å². The summed E-state index contributed by atoms with van der Waals surface area (Å²) in [5.74, 6) is -0.581. The number of benzene rings is 1. The lowest BCUT2D eigenvalue weighted by atomic mass is 10.1. The maximum Gasteiger partial charge on any atom is 0.416 e. The maximum absolute atomic E-state index is 13.5. The first-order valence-electron chi connectivity index (χ1n) is 9.28. The fraction of sp³-hybridized carbons (Fsp3) is 0.556. The van der Waals surface area contributed by atoms with Gasteiger partial charge in [0.1, 0.15) is 16.9 Å². The standard InChI is InChI=1S/C18H22BrCl3F3N3O2Si/c1-5-26-16(17(20,21)22)30-13-9-11(18(23,24)25)8-12-14(13)27-28(15(12)19)10-29-6-7-31(2,3)4/h8-9H,5-7,10H2,1-4H3. The number of fused-ring (bicyclic) bond motifs is 1. The first-order valence-corrected chi connectivity index (χ1v) is 14.9. The fourth-order valence-electron chi connectivity index (χ4n) is 2.46. The number of hydrogen-bond donors (Lipinski definition) is 0. The lowest BCUT2D eigenvalue weighted by Gasteiger charge is -2.16. The van der Waals surface area contributed by atoms with Crippen molar-refractivity contribution in [2.24, 2.45) is 4.99 Å². The van der Waals surface area contributed by atoms with Gasteiger partial charge in [0, 0.05) is 26.6 Å². The van der Waals surface area contributed by atoms with Crippen molar-refractivity contribution in [1.82, 2.24) is 9.78 Å². The number of aliphatic imine (C=N–C) groups is 1. The van der Waals surface area contributed by atoms with E-state index < -0.39 is 23.6 Å². The van der Waals surface area contributed by atoms with Gasteiger partial charge in [-0.3, -0.25) is 4.99 Å². The predicted molar refractivity (Wildman–Crippen MR) is 125 cm³/mol. The molecule has 31 heavy (non-hydrogen) atoms. The van der Waals surface area contributed by atoms with E-state index in [1.807, 2.05) is 0 Å². The lowest BCUT2D eigenvalue weighted by molar-refractivity contribution is -0.137. The second-order valence-corrected chi connectivity index (χ2v) is 16.5. The van der Waals surface area contributed by atoms with Gasteiger partial charge < -0.3 is 9.47 Å². The zero-order valence-corrected chi connectivity index (χ0v) is 22.1. The van der Waals surface area contributed by atoms with Crippen molar-refractivity contribution in [3.8, 4) is 5.75 Å². The molecule has 0 spiro atoms. The molecule has 1 heterocycles. The fourth-order valence-corrected chi connectivity index (χ4v) is 3.99. The van der Waals surface area contributed by atoms with Crippen LogP contribution in [-0.2, 0) is 17.6 Å². The van der Waals surface area contributed by atoms with Crippen LogP contribution in [0.3, 0.4) is 0 Å². The van der Waals surface area contributed by atoms with Crippen molar-refractivity contribution in [1.29, 1.82) is 0 Å². The van der Waals surface area contributed by atoms with E-state index in [9.17, 15) is 13.2 Å². The summed E-state index contributed by atoms with van der Waals surface area (Å²) in [4.78, 5) is 3.95. The molecule has 0 atom stereocenters. The van der Waals surface area contributed by atoms with Gasteiger partial charge in [0.25, 0.3) is 3.79 Å². The minimum absolute atomic E-state index is 0.0564. The number of aromatic nitrogens is 2. The number of halogens is 7. The molecule has 0 N–H and O–H groups in total. The molecule has 2 rings (SSSR count). The molecule has 0 aliphatic carbocycles. The summed E-state index contributed by atoms with van der Waals surface area (Å²) in [5, 5.41) is 4.52. The summed E-state index contributed by atoms with van der Waals surface area (Å²) in [6.07, 6.45) is -4.62. The zero-order chi connectivity index (χ0) is 23.6. The highest BCUT2D eigenvalue weighted by Gasteiger charge is 2.35. The van der Waals surface area contributed by atoms with Gasteiger partial charge in [0.05, 0.1) is 5.56 Å². The largest absolute Gasteiger partial charge is 0.436 e. The molecule has 5 nitrogen and oxygen atoms in total. The Bertz CT molecular complexity index is 957. The summed E-state index contributed by atoms with van der Waals surface area (Å²) in [6, 6.07) is 2.72. The molecule has 0 bridgehead atoms. The summed E-state index contributed by atoms with van der Waals surface area (Å²) in [5.41, 5.74) is -0.790. The van der Waals surface area contributed by atoms with Crippen molar-refractivity contribution < 1.29 is 22.6 Å². The first kappa shape index (κ1) is 26.7. The van der Waals surface area contributed by atoms with Crippen molar-refractivity contribution in [2.75, 3.05) is 13.2 Å². The molecule has 0 saturated heterocycles. The Morgan fingerprint density at radius 3 is 2.39 bits per heavy atom. The van der Waals surface area contributed by atoms with Crippen LogP contribution in [-0.4, -0.2) is 40.7 Å². The van der Waals surface area contributed by atoms with Crippen LogP contribution in [0.25, 0.3) is 10.9 Å². The number of rotatable bonds is 7. The molecule has 0 unspecified atom stereocenters. The van der Waals surface area contributed by atoms with Crippen molar-refractivity contribution >= 4 is 75.6 Å². The molecule has 1 aromatic carbocycles. The van der Waals surface area contributed by atoms with Crippen LogP contribution in [0, 0.1) is 0 Å². The maximum atomic E-state index is 13.5. The molecular weight excluding hydrogens is 562 g/mol. The SMILES string of the molecule is CCN=C(Oc1cc(C(F)(F)F)cc2c(Br)n(COCC[Si](C)(C)C)nc12)C(Cl)(Cl)Cl. The van der Waals surface area contributed by atoms with E-state index in [1.165, 1.54) is 4.68 Å². The van der Waals surface area contributed by atoms with Gasteiger partial charge in [-0.2, -0.15) is 18.3 Å². The van der Waals surface area contributed by atoms with Crippen LogP contribution in [0.1, 0.15) is 12.5 Å². The number of hydrogen-bond acceptors (Lipinski definition) is 4. The minimum atomic E-state index is -4.62. The molecule has 0 saturated carbocycles. The topological polar surface area (TPSA) is 48.6 Å². The van der Waals surface area contributed by atoms with E-state index >= 15 is 0 Å². The van der Waals surface area contributed by atoms with Gasteiger partial charge >= 0.3 is 6.18 Å². The Kier molecular flexibility index (Phi) is 8.77. The van der Waals surface area contributed by atoms with Crippen LogP contribution in [0.2, 0.25) is 25.7 Å². The summed E-state index contributed by atoms with van der Waals surface area (Å²) >= 11 is 20.9. The Morgan fingerprint density at radius 2 is 1.87 bits per heavy atom. The Balaban J connectivity index is 2.48. The van der Waals surface area contributed by atoms with Crippen LogP contribution in [0.15, 0.2) is 21.7 Å². The molecule has 1 aromatic heterocycles. The minimum Gasteiger partial charge on any atom is -0.436 e. The van der Waals surface area contributed by atoms with E-state index in [2.05, 4.69) is 45.7 Å². The molecule has 174 valence electrons. The van der Waals surface area contributed by atoms with Gasteiger partial charge in [-0.25, -0.2) is 4.68 Å². The average molecular weight is 584 g/mol. The lowest BCUT2D eigenvalue weighted by Crippen LogP contribution is -2.26. The normalized spacial score (nSPS) is 13.8. The molecule has 13 heteroatoms. The average Bonchev–Trinajstić information content (AvgIpc) is 2.92. The Morgan fingerprint density at radius 1 is 1.23 bits per heavy atom. The molecule has 0 aliphatic rings. The van der Waals surface area contributed by atoms with Gasteiger partial charge in [-0.15, -0.1) is 0 Å². The first-order chi connectivity index (χ1) is 14.1. The van der Waals surface area contributed by atoms with Gasteiger partial charge in [-0.05, 0) is 41.0 Å². The molecule has 2 aromatic rings. The summed E-state index contributed by atoms with van der Waals surface area (Å²) < 4.78 is 51.3. The van der Waals surface area contributed by atoms with Crippen molar-refractivity contribution in [3.63, 3.8) is 0 Å². The van der Waals surface area contributed by atoms with Crippen LogP contribution in [0.5, 0.6) is 5.75 Å². The van der Waals surface area contributed by atoms with E-state index in [0.717, 1.165) is 18.2 Å². The molecule has 0 fully saturated rings. The van der Waals surface area contributed by atoms with Crippen molar-refractivity contribution in [3.05, 3.63) is 22.3 Å². The highest BCUT2D eigenvalue weighted by atomic mass is 79.9. The van der Waals surface area contributed by atoms with Crippen LogP contribution >= 0.6 is 50.7 Å². The van der Waals surface area contributed by atoms with Gasteiger partial charge in [0.15, 0.2) is 5.75 Å². The number of ether oxygens (including phenoxy) is 2. The number of alkyl halides is 6. The van der Waals surface area contributed by atoms with E-state index in [1.54, 1.807) is 6.92 Å². The van der Waals surface area contributed by atoms with Crippen LogP contribution < -0.4 is 4.74 Å². The highest BCUT2D eigenvalue weighted by Crippen LogP contribution is 2.40. The second-order valence-electron chi connectivity index (χ2n) is 7.89. The third kappa shape index (κ3) is 7.50. The third-order valence-electron chi connectivity index (χ3n) is 4.03. The van der Waals surface area contributed by atoms with E-state index in [4.69, 9.17) is 44.3 Å². The van der Waals surface area contributed by atoms with Crippen LogP contribution in [0.4, 0.5) is 13.2 Å². The predicted octanol–water partition coefficient (Wildman–Crippen LogP) is 7.30. The van der Waals surface area contributed by atoms with Gasteiger partial charge in [0.2, 0.25) is 5.90 Å². The highest BCUT2D eigenvalue weighted by molar-refractivity contribution is 9.10. The molecule has 0 aliphatic heterocycles. The third-order valence-corrected chi connectivity index (χ3v) is 7.06. The van der Waals surface area contributed by atoms with E-state index in [-0.39, 0.29) is 35.8 Å². The van der Waals surface area contributed by atoms with E-state index in [0.29, 0.717) is 11.2 Å². The molecular formula is C18H22BrCl3F3N3O2Si. The van der Waals surface area contributed by atoms with Crippen molar-refractivity contribution in [2.45, 2.75) is 49.3 Å². The second kappa shape index (κ2) is 10.2. The smallest absolute Gasteiger partial charge is 0.416 e. The number of nitrogens with zero attached hydrogens (tertiary/aromatic N) is 3. The Hall–Kier alpha value is -0.523. The summed E-state index contributed by atoms with van der Waals surface area (Å²) in [6.45, 7) is 9.11. The van der Waals surface area contributed by atoms with Gasteiger partial charge in [-0.1, -0.05) is 54.4 Å². The quantitative estimate of drug-likeness (QED) is 0.113. The zero-order valence-electron chi connectivity index (χ0n) is 17.3. The molecule has 0 radical (unpaired) electrons. The summed E-state index contributed by atoms with van der Waals surface area (Å²) in [7, 11) is -1.28. The molecule has 0 amide bonds. The monoisotopic (exact) mass is 581 g/mol.